The number of pyridine rings is 1. The predicted molar refractivity (Wildman–Crippen MR) is 63.4 cm³/mol. The summed E-state index contributed by atoms with van der Waals surface area (Å²) in [6.45, 7) is 0. The first-order chi connectivity index (χ1) is 7.75. The minimum absolute atomic E-state index is 0.258. The van der Waals surface area contributed by atoms with Gasteiger partial charge in [-0.15, -0.1) is 0 Å². The molecule has 1 aliphatic rings. The monoisotopic (exact) mass is 235 g/mol. The van der Waals surface area contributed by atoms with Gasteiger partial charge in [0, 0.05) is 17.1 Å². The molecule has 0 atom stereocenters. The maximum atomic E-state index is 13.1. The highest BCUT2D eigenvalue weighted by Crippen LogP contribution is 2.32. The van der Waals surface area contributed by atoms with Crippen LogP contribution < -0.4 is 0 Å². The largest absolute Gasteiger partial charge is 0.252 e. The van der Waals surface area contributed by atoms with Crippen molar-refractivity contribution in [1.82, 2.24) is 4.98 Å². The summed E-state index contributed by atoms with van der Waals surface area (Å²) in [6.07, 6.45) is 4.27. The molecule has 82 valence electrons. The fourth-order valence-electron chi connectivity index (χ4n) is 2.34. The second-order valence-electron chi connectivity index (χ2n) is 4.22. The first-order valence-corrected chi connectivity index (χ1v) is 5.90. The maximum Gasteiger partial charge on any atom is 0.125 e. The zero-order valence-corrected chi connectivity index (χ0v) is 9.52. The molecule has 1 heterocycles. The van der Waals surface area contributed by atoms with Gasteiger partial charge in [0.1, 0.15) is 5.82 Å². The Morgan fingerprint density at radius 1 is 1.19 bits per heavy atom. The number of nitrogens with zero attached hydrogens (tertiary/aromatic N) is 1. The normalized spacial score (nSPS) is 15.1. The van der Waals surface area contributed by atoms with Crippen molar-refractivity contribution in [2.24, 2.45) is 0 Å². The van der Waals surface area contributed by atoms with Crippen LogP contribution in [0.4, 0.5) is 4.39 Å². The van der Waals surface area contributed by atoms with E-state index < -0.39 is 0 Å². The summed E-state index contributed by atoms with van der Waals surface area (Å²) in [5.74, 6) is -0.258. The molecule has 0 N–H and O–H groups in total. The molecule has 16 heavy (non-hydrogen) atoms. The highest BCUT2D eigenvalue weighted by Gasteiger charge is 2.16. The van der Waals surface area contributed by atoms with Crippen LogP contribution in [-0.2, 0) is 12.8 Å². The number of hydrogen-bond acceptors (Lipinski definition) is 1. The number of fused-ring (bicyclic) bond motifs is 2. The molecule has 1 aromatic heterocycles. The molecule has 0 amide bonds. The van der Waals surface area contributed by atoms with Gasteiger partial charge < -0.3 is 0 Å². The van der Waals surface area contributed by atoms with E-state index in [0.29, 0.717) is 5.52 Å². The lowest BCUT2D eigenvalue weighted by Crippen LogP contribution is -2.06. The Labute approximate surface area is 98.3 Å². The highest BCUT2D eigenvalue weighted by molar-refractivity contribution is 6.36. The van der Waals surface area contributed by atoms with Gasteiger partial charge in [-0.1, -0.05) is 11.6 Å². The molecule has 0 saturated heterocycles. The van der Waals surface area contributed by atoms with E-state index in [9.17, 15) is 4.39 Å². The molecule has 0 fully saturated rings. The van der Waals surface area contributed by atoms with Crippen LogP contribution in [0.15, 0.2) is 18.2 Å². The Hall–Kier alpha value is -1.15. The van der Waals surface area contributed by atoms with E-state index in [2.05, 4.69) is 4.98 Å². The first-order valence-electron chi connectivity index (χ1n) is 5.52. The molecule has 3 heteroatoms. The number of hydrogen-bond donors (Lipinski definition) is 0. The second-order valence-corrected chi connectivity index (χ2v) is 4.60. The minimum atomic E-state index is -0.258. The number of rotatable bonds is 0. The van der Waals surface area contributed by atoms with Gasteiger partial charge in [0.25, 0.3) is 0 Å². The Morgan fingerprint density at radius 2 is 2.00 bits per heavy atom. The first kappa shape index (κ1) is 10.0. The Bertz CT molecular complexity index is 565. The third-order valence-corrected chi connectivity index (χ3v) is 3.59. The van der Waals surface area contributed by atoms with Crippen molar-refractivity contribution in [2.75, 3.05) is 0 Å². The van der Waals surface area contributed by atoms with Gasteiger partial charge in [0.05, 0.1) is 10.5 Å². The van der Waals surface area contributed by atoms with Crippen LogP contribution in [0.2, 0.25) is 5.02 Å². The number of aromatic nitrogens is 1. The van der Waals surface area contributed by atoms with Gasteiger partial charge in [-0.2, -0.15) is 0 Å². The molecular formula is C13H11ClFN. The van der Waals surface area contributed by atoms with Gasteiger partial charge in [0.15, 0.2) is 0 Å². The summed E-state index contributed by atoms with van der Waals surface area (Å²) in [4.78, 5) is 4.51. The van der Waals surface area contributed by atoms with Gasteiger partial charge in [-0.3, -0.25) is 4.98 Å². The van der Waals surface area contributed by atoms with Crippen LogP contribution in [0.3, 0.4) is 0 Å². The van der Waals surface area contributed by atoms with Crippen LogP contribution in [0.1, 0.15) is 24.1 Å². The maximum absolute atomic E-state index is 13.1. The summed E-state index contributed by atoms with van der Waals surface area (Å²) in [5, 5.41) is 1.63. The molecule has 0 aliphatic heterocycles. The highest BCUT2D eigenvalue weighted by atomic mass is 35.5. The SMILES string of the molecule is Fc1ccc2c(Cl)c3c(nc2c1)CCCC3. The predicted octanol–water partition coefficient (Wildman–Crippen LogP) is 3.91. The third-order valence-electron chi connectivity index (χ3n) is 3.16. The Kier molecular flexibility index (Phi) is 2.32. The molecule has 0 unspecified atom stereocenters. The average Bonchev–Trinajstić information content (AvgIpc) is 2.29. The molecule has 0 bridgehead atoms. The van der Waals surface area contributed by atoms with Crippen molar-refractivity contribution in [3.05, 3.63) is 40.3 Å². The fraction of sp³-hybridized carbons (Fsp3) is 0.308. The second kappa shape index (κ2) is 3.70. The van der Waals surface area contributed by atoms with Crippen molar-refractivity contribution < 1.29 is 4.39 Å². The third kappa shape index (κ3) is 1.49. The van der Waals surface area contributed by atoms with Gasteiger partial charge in [0.2, 0.25) is 0 Å². The lowest BCUT2D eigenvalue weighted by Gasteiger charge is -2.17. The Morgan fingerprint density at radius 3 is 2.88 bits per heavy atom. The van der Waals surface area contributed by atoms with Crippen LogP contribution in [-0.4, -0.2) is 4.98 Å². The standard InChI is InChI=1S/C13H11ClFN/c14-13-9-3-1-2-4-11(9)16-12-7-8(15)5-6-10(12)13/h5-7H,1-4H2. The van der Waals surface area contributed by atoms with Gasteiger partial charge in [-0.05, 0) is 43.4 Å². The summed E-state index contributed by atoms with van der Waals surface area (Å²) >= 11 is 6.35. The van der Waals surface area contributed by atoms with Gasteiger partial charge in [-0.25, -0.2) is 4.39 Å². The molecule has 1 nitrogen and oxygen atoms in total. The van der Waals surface area contributed by atoms with E-state index in [1.807, 2.05) is 0 Å². The van der Waals surface area contributed by atoms with E-state index in [0.717, 1.165) is 40.9 Å². The topological polar surface area (TPSA) is 12.9 Å². The summed E-state index contributed by atoms with van der Waals surface area (Å²) in [5.41, 5.74) is 2.88. The van der Waals surface area contributed by atoms with E-state index in [1.54, 1.807) is 6.07 Å². The smallest absolute Gasteiger partial charge is 0.125 e. The summed E-state index contributed by atoms with van der Waals surface area (Å²) in [6, 6.07) is 4.61. The van der Waals surface area contributed by atoms with Crippen molar-refractivity contribution >= 4 is 22.5 Å². The molecule has 0 spiro atoms. The zero-order chi connectivity index (χ0) is 11.1. The molecule has 2 aromatic rings. The van der Waals surface area contributed by atoms with Gasteiger partial charge >= 0.3 is 0 Å². The molecule has 1 aromatic carbocycles. The number of benzene rings is 1. The lowest BCUT2D eigenvalue weighted by molar-refractivity contribution is 0.628. The average molecular weight is 236 g/mol. The van der Waals surface area contributed by atoms with Crippen molar-refractivity contribution in [3.8, 4) is 0 Å². The number of aryl methyl sites for hydroxylation is 1. The molecule has 1 aliphatic carbocycles. The van der Waals surface area contributed by atoms with Crippen molar-refractivity contribution in [3.63, 3.8) is 0 Å². The van der Waals surface area contributed by atoms with Crippen molar-refractivity contribution in [2.45, 2.75) is 25.7 Å². The molecule has 3 rings (SSSR count). The minimum Gasteiger partial charge on any atom is -0.252 e. The fourth-order valence-corrected chi connectivity index (χ4v) is 2.70. The lowest BCUT2D eigenvalue weighted by atomic mass is 9.94. The molecular weight excluding hydrogens is 225 g/mol. The quantitative estimate of drug-likeness (QED) is 0.675. The molecule has 0 radical (unpaired) electrons. The van der Waals surface area contributed by atoms with Crippen LogP contribution >= 0.6 is 11.6 Å². The van der Waals surface area contributed by atoms with E-state index in [-0.39, 0.29) is 5.82 Å². The summed E-state index contributed by atoms with van der Waals surface area (Å²) < 4.78 is 13.1. The zero-order valence-electron chi connectivity index (χ0n) is 8.76. The van der Waals surface area contributed by atoms with Crippen LogP contribution in [0.25, 0.3) is 10.9 Å². The van der Waals surface area contributed by atoms with Crippen molar-refractivity contribution in [1.29, 1.82) is 0 Å². The number of halogens is 2. The van der Waals surface area contributed by atoms with E-state index >= 15 is 0 Å². The Balaban J connectivity index is 2.34. The van der Waals surface area contributed by atoms with Crippen LogP contribution in [0.5, 0.6) is 0 Å². The van der Waals surface area contributed by atoms with E-state index in [4.69, 9.17) is 11.6 Å². The van der Waals surface area contributed by atoms with E-state index in [1.165, 1.54) is 18.6 Å². The summed E-state index contributed by atoms with van der Waals surface area (Å²) in [7, 11) is 0. The molecule has 0 saturated carbocycles. The van der Waals surface area contributed by atoms with Crippen LogP contribution in [0, 0.1) is 5.82 Å².